The smallest absolute Gasteiger partial charge is 0.210 e. The van der Waals surface area contributed by atoms with Crippen molar-refractivity contribution in [1.82, 2.24) is 0 Å². The summed E-state index contributed by atoms with van der Waals surface area (Å²) in [5.74, 6) is -0.215. The fraction of sp³-hybridized carbons (Fsp3) is 0.273. The van der Waals surface area contributed by atoms with Crippen molar-refractivity contribution in [2.45, 2.75) is 19.3 Å². The van der Waals surface area contributed by atoms with Gasteiger partial charge in [-0.15, -0.1) is 0 Å². The molecule has 0 fully saturated rings. The van der Waals surface area contributed by atoms with E-state index in [2.05, 4.69) is 5.16 Å². The first kappa shape index (κ1) is 10.2. The summed E-state index contributed by atoms with van der Waals surface area (Å²) < 4.78 is 0. The molecule has 1 aromatic rings. The van der Waals surface area contributed by atoms with E-state index in [4.69, 9.17) is 16.8 Å². The minimum absolute atomic E-state index is 0.215. The predicted molar refractivity (Wildman–Crippen MR) is 57.9 cm³/mol. The van der Waals surface area contributed by atoms with E-state index in [1.54, 1.807) is 12.1 Å². The molecule has 0 unspecified atom stereocenters. The van der Waals surface area contributed by atoms with E-state index in [0.29, 0.717) is 17.0 Å². The van der Waals surface area contributed by atoms with Crippen molar-refractivity contribution in [2.24, 2.45) is 5.16 Å². The molecule has 0 amide bonds. The Balaban J connectivity index is 2.54. The molecular formula is C11H10ClNO2. The van der Waals surface area contributed by atoms with Crippen molar-refractivity contribution in [2.75, 3.05) is 0 Å². The monoisotopic (exact) mass is 223 g/mol. The van der Waals surface area contributed by atoms with Crippen LogP contribution in [0.5, 0.6) is 0 Å². The lowest BCUT2D eigenvalue weighted by Gasteiger charge is -2.03. The maximum absolute atomic E-state index is 11.9. The first-order valence-corrected chi connectivity index (χ1v) is 5.14. The van der Waals surface area contributed by atoms with Crippen LogP contribution in [0.1, 0.15) is 28.8 Å². The van der Waals surface area contributed by atoms with E-state index in [9.17, 15) is 4.79 Å². The third-order valence-corrected chi connectivity index (χ3v) is 2.79. The summed E-state index contributed by atoms with van der Waals surface area (Å²) in [6, 6.07) is 5.26. The van der Waals surface area contributed by atoms with E-state index in [1.165, 1.54) is 0 Å². The average molecular weight is 224 g/mol. The molecular weight excluding hydrogens is 214 g/mol. The van der Waals surface area contributed by atoms with E-state index < -0.39 is 0 Å². The van der Waals surface area contributed by atoms with Gasteiger partial charge in [0.05, 0.1) is 0 Å². The summed E-state index contributed by atoms with van der Waals surface area (Å²) in [6.45, 7) is 0. The van der Waals surface area contributed by atoms with Crippen molar-refractivity contribution >= 4 is 23.1 Å². The van der Waals surface area contributed by atoms with Gasteiger partial charge >= 0.3 is 0 Å². The molecule has 0 radical (unpaired) electrons. The van der Waals surface area contributed by atoms with Crippen molar-refractivity contribution in [1.29, 1.82) is 0 Å². The second-order valence-electron chi connectivity index (χ2n) is 3.53. The number of nitrogens with zero attached hydrogens (tertiary/aromatic N) is 1. The molecule has 0 aromatic heterocycles. The summed E-state index contributed by atoms with van der Waals surface area (Å²) in [5, 5.41) is 12.3. The molecule has 0 saturated carbocycles. The number of hydrogen-bond acceptors (Lipinski definition) is 3. The van der Waals surface area contributed by atoms with Crippen molar-refractivity contribution in [3.8, 4) is 0 Å². The molecule has 0 atom stereocenters. The van der Waals surface area contributed by atoms with E-state index in [0.717, 1.165) is 18.4 Å². The van der Waals surface area contributed by atoms with Crippen LogP contribution >= 0.6 is 11.6 Å². The molecule has 0 spiro atoms. The molecule has 4 heteroatoms. The fourth-order valence-electron chi connectivity index (χ4n) is 1.79. The fourth-order valence-corrected chi connectivity index (χ4v) is 1.96. The zero-order valence-electron chi connectivity index (χ0n) is 8.03. The van der Waals surface area contributed by atoms with Crippen LogP contribution in [-0.2, 0) is 6.42 Å². The molecule has 2 rings (SSSR count). The molecule has 0 saturated heterocycles. The minimum atomic E-state index is -0.215. The predicted octanol–water partition coefficient (Wildman–Crippen LogP) is 2.69. The summed E-state index contributed by atoms with van der Waals surface area (Å²) >= 11 is 5.83. The molecule has 15 heavy (non-hydrogen) atoms. The van der Waals surface area contributed by atoms with Crippen molar-refractivity contribution < 1.29 is 10.0 Å². The normalized spacial score (nSPS) is 18.7. The number of ketones is 1. The summed E-state index contributed by atoms with van der Waals surface area (Å²) in [4.78, 5) is 11.9. The molecule has 78 valence electrons. The van der Waals surface area contributed by atoms with Gasteiger partial charge in [-0.25, -0.2) is 0 Å². The number of rotatable bonds is 0. The molecule has 1 aliphatic carbocycles. The third-order valence-electron chi connectivity index (χ3n) is 2.56. The number of aryl methyl sites for hydroxylation is 1. The molecule has 0 heterocycles. The average Bonchev–Trinajstić information content (AvgIpc) is 2.39. The molecule has 0 bridgehead atoms. The molecule has 0 aliphatic heterocycles. The number of Topliss-reactive ketones (excluding diaryl/α,β-unsaturated/α-hetero) is 1. The Labute approximate surface area is 92.4 Å². The number of carbonyl (C=O) groups excluding carboxylic acids is 1. The Kier molecular flexibility index (Phi) is 2.73. The Bertz CT molecular complexity index is 440. The Morgan fingerprint density at radius 3 is 2.87 bits per heavy atom. The van der Waals surface area contributed by atoms with Crippen LogP contribution in [0.3, 0.4) is 0 Å². The number of oxime groups is 1. The van der Waals surface area contributed by atoms with Crippen LogP contribution in [-0.4, -0.2) is 16.7 Å². The van der Waals surface area contributed by atoms with Crippen LogP contribution in [0.25, 0.3) is 0 Å². The van der Waals surface area contributed by atoms with Gasteiger partial charge in [0, 0.05) is 10.6 Å². The van der Waals surface area contributed by atoms with Crippen LogP contribution in [0.4, 0.5) is 0 Å². The lowest BCUT2D eigenvalue weighted by atomic mass is 10.0. The van der Waals surface area contributed by atoms with Gasteiger partial charge in [-0.3, -0.25) is 4.79 Å². The zero-order chi connectivity index (χ0) is 10.8. The topological polar surface area (TPSA) is 49.7 Å². The second-order valence-corrected chi connectivity index (χ2v) is 3.97. The highest BCUT2D eigenvalue weighted by Gasteiger charge is 2.21. The molecule has 1 aliphatic rings. The molecule has 1 aromatic carbocycles. The van der Waals surface area contributed by atoms with Gasteiger partial charge in [0.15, 0.2) is 0 Å². The maximum Gasteiger partial charge on any atom is 0.210 e. The van der Waals surface area contributed by atoms with E-state index >= 15 is 0 Å². The van der Waals surface area contributed by atoms with Gasteiger partial charge in [-0.1, -0.05) is 22.8 Å². The molecule has 3 nitrogen and oxygen atoms in total. The lowest BCUT2D eigenvalue weighted by molar-refractivity contribution is 0.106. The number of carbonyl (C=O) groups is 1. The maximum atomic E-state index is 11.9. The van der Waals surface area contributed by atoms with Gasteiger partial charge in [0.25, 0.3) is 0 Å². The van der Waals surface area contributed by atoms with Gasteiger partial charge in [0.1, 0.15) is 5.71 Å². The van der Waals surface area contributed by atoms with Gasteiger partial charge in [0.2, 0.25) is 5.78 Å². The summed E-state index contributed by atoms with van der Waals surface area (Å²) in [5.41, 5.74) is 1.76. The number of fused-ring (bicyclic) bond motifs is 1. The summed E-state index contributed by atoms with van der Waals surface area (Å²) in [7, 11) is 0. The van der Waals surface area contributed by atoms with E-state index in [-0.39, 0.29) is 11.5 Å². The second kappa shape index (κ2) is 4.03. The highest BCUT2D eigenvalue weighted by Crippen LogP contribution is 2.22. The lowest BCUT2D eigenvalue weighted by Crippen LogP contribution is -2.13. The highest BCUT2D eigenvalue weighted by molar-refractivity contribution is 6.46. The van der Waals surface area contributed by atoms with Crippen LogP contribution in [0.2, 0.25) is 5.02 Å². The first-order chi connectivity index (χ1) is 7.22. The number of benzene rings is 1. The van der Waals surface area contributed by atoms with Crippen LogP contribution in [0.15, 0.2) is 23.4 Å². The SMILES string of the molecule is O=C1/C(=N/O)CCCc2ccc(Cl)cc21. The van der Waals surface area contributed by atoms with Crippen molar-refractivity contribution in [3.05, 3.63) is 34.3 Å². The van der Waals surface area contributed by atoms with Crippen LogP contribution in [0, 0.1) is 0 Å². The molecule has 1 N–H and O–H groups in total. The zero-order valence-corrected chi connectivity index (χ0v) is 8.79. The van der Waals surface area contributed by atoms with Crippen LogP contribution < -0.4 is 0 Å². The van der Waals surface area contributed by atoms with Gasteiger partial charge in [-0.05, 0) is 37.0 Å². The largest absolute Gasteiger partial charge is 0.411 e. The standard InChI is InChI=1S/C11H10ClNO2/c12-8-5-4-7-2-1-3-10(13-15)11(14)9(7)6-8/h4-6,15H,1-3H2/b13-10+. The third kappa shape index (κ3) is 1.88. The Morgan fingerprint density at radius 1 is 1.33 bits per heavy atom. The Morgan fingerprint density at radius 2 is 2.13 bits per heavy atom. The Hall–Kier alpha value is -1.35. The van der Waals surface area contributed by atoms with Crippen molar-refractivity contribution in [3.63, 3.8) is 0 Å². The van der Waals surface area contributed by atoms with Gasteiger partial charge in [-0.2, -0.15) is 0 Å². The summed E-state index contributed by atoms with van der Waals surface area (Å²) in [6.07, 6.45) is 2.15. The first-order valence-electron chi connectivity index (χ1n) is 4.76. The minimum Gasteiger partial charge on any atom is -0.411 e. The van der Waals surface area contributed by atoms with E-state index in [1.807, 2.05) is 6.07 Å². The quantitative estimate of drug-likeness (QED) is 0.418. The number of halogens is 1. The van der Waals surface area contributed by atoms with Gasteiger partial charge < -0.3 is 5.21 Å². The number of hydrogen-bond donors (Lipinski definition) is 1. The highest BCUT2D eigenvalue weighted by atomic mass is 35.5.